The normalized spacial score (nSPS) is 10.6. The van der Waals surface area contributed by atoms with Crippen LogP contribution in [0.15, 0.2) is 18.2 Å². The van der Waals surface area contributed by atoms with Crippen LogP contribution in [-0.2, 0) is 0 Å². The summed E-state index contributed by atoms with van der Waals surface area (Å²) in [6, 6.07) is 6.04. The second kappa shape index (κ2) is 4.01. The van der Waals surface area contributed by atoms with E-state index in [1.165, 1.54) is 11.3 Å². The molecule has 2 heteroatoms. The zero-order chi connectivity index (χ0) is 10.0. The lowest BCUT2D eigenvalue weighted by Gasteiger charge is -2.19. The number of benzene rings is 1. The van der Waals surface area contributed by atoms with Gasteiger partial charge in [0.1, 0.15) is 0 Å². The number of nitrogens with zero attached hydrogens (tertiary/aromatic N) is 1. The highest BCUT2D eigenvalue weighted by Crippen LogP contribution is 2.28. The molecule has 1 aromatic carbocycles. The smallest absolute Gasteiger partial charge is 0.0410 e. The Balaban J connectivity index is 3.19. The molecule has 0 spiro atoms. The van der Waals surface area contributed by atoms with Gasteiger partial charge in [-0.15, -0.1) is 0 Å². The Morgan fingerprint density at radius 2 is 1.85 bits per heavy atom. The van der Waals surface area contributed by atoms with Gasteiger partial charge in [-0.25, -0.2) is 0 Å². The van der Waals surface area contributed by atoms with Crippen LogP contribution in [0.1, 0.15) is 25.3 Å². The number of hydrogen-bond acceptors (Lipinski definition) is 1. The molecule has 0 aliphatic heterocycles. The third kappa shape index (κ3) is 2.38. The summed E-state index contributed by atoms with van der Waals surface area (Å²) in [6.07, 6.45) is 0. The number of rotatable bonds is 2. The predicted molar refractivity (Wildman–Crippen MR) is 59.9 cm³/mol. The highest BCUT2D eigenvalue weighted by atomic mass is 35.5. The molecule has 1 rings (SSSR count). The van der Waals surface area contributed by atoms with E-state index in [9.17, 15) is 0 Å². The van der Waals surface area contributed by atoms with E-state index in [1.807, 2.05) is 12.1 Å². The van der Waals surface area contributed by atoms with Crippen LogP contribution in [-0.4, -0.2) is 14.1 Å². The van der Waals surface area contributed by atoms with Crippen molar-refractivity contribution >= 4 is 17.3 Å². The molecule has 0 N–H and O–H groups in total. The van der Waals surface area contributed by atoms with Gasteiger partial charge in [-0.3, -0.25) is 0 Å². The zero-order valence-electron chi connectivity index (χ0n) is 8.63. The summed E-state index contributed by atoms with van der Waals surface area (Å²) in [6.45, 7) is 4.36. The Morgan fingerprint density at radius 3 is 2.31 bits per heavy atom. The first-order chi connectivity index (χ1) is 6.02. The molecule has 0 saturated carbocycles. The molecule has 0 aromatic heterocycles. The summed E-state index contributed by atoms with van der Waals surface area (Å²) in [5, 5.41) is 0.814. The topological polar surface area (TPSA) is 3.24 Å². The van der Waals surface area contributed by atoms with E-state index >= 15 is 0 Å². The molecule has 13 heavy (non-hydrogen) atoms. The molecule has 1 nitrogen and oxygen atoms in total. The third-order valence-electron chi connectivity index (χ3n) is 2.09. The average molecular weight is 198 g/mol. The number of anilines is 1. The minimum Gasteiger partial charge on any atom is -0.377 e. The molecule has 1 aromatic rings. The SMILES string of the molecule is CC(C)c1cc(Cl)ccc1N(C)C. The van der Waals surface area contributed by atoms with Crippen molar-refractivity contribution in [2.24, 2.45) is 0 Å². The Kier molecular flexibility index (Phi) is 3.21. The molecule has 0 saturated heterocycles. The van der Waals surface area contributed by atoms with E-state index in [0.717, 1.165) is 5.02 Å². The highest BCUT2D eigenvalue weighted by Gasteiger charge is 2.08. The van der Waals surface area contributed by atoms with Crippen LogP contribution in [0.5, 0.6) is 0 Å². The molecular formula is C11H16ClN. The fourth-order valence-electron chi connectivity index (χ4n) is 1.40. The van der Waals surface area contributed by atoms with Crippen LogP contribution >= 0.6 is 11.6 Å². The lowest BCUT2D eigenvalue weighted by Crippen LogP contribution is -2.11. The first-order valence-electron chi connectivity index (χ1n) is 4.49. The molecule has 0 heterocycles. The maximum atomic E-state index is 5.95. The number of hydrogen-bond donors (Lipinski definition) is 0. The van der Waals surface area contributed by atoms with Crippen molar-refractivity contribution in [1.82, 2.24) is 0 Å². The van der Waals surface area contributed by atoms with Crippen molar-refractivity contribution in [3.63, 3.8) is 0 Å². The van der Waals surface area contributed by atoms with E-state index in [-0.39, 0.29) is 0 Å². The van der Waals surface area contributed by atoms with Crippen molar-refractivity contribution in [2.75, 3.05) is 19.0 Å². The predicted octanol–water partition coefficient (Wildman–Crippen LogP) is 3.53. The molecule has 0 amide bonds. The van der Waals surface area contributed by atoms with Crippen molar-refractivity contribution in [3.8, 4) is 0 Å². The fourth-order valence-corrected chi connectivity index (χ4v) is 1.58. The maximum Gasteiger partial charge on any atom is 0.0410 e. The van der Waals surface area contributed by atoms with Crippen molar-refractivity contribution < 1.29 is 0 Å². The number of halogens is 1. The highest BCUT2D eigenvalue weighted by molar-refractivity contribution is 6.30. The lowest BCUT2D eigenvalue weighted by atomic mass is 10.0. The molecule has 72 valence electrons. The Morgan fingerprint density at radius 1 is 1.23 bits per heavy atom. The van der Waals surface area contributed by atoms with Crippen molar-refractivity contribution in [2.45, 2.75) is 19.8 Å². The standard InChI is InChI=1S/C11H16ClN/c1-8(2)10-7-9(12)5-6-11(10)13(3)4/h5-8H,1-4H3. The zero-order valence-corrected chi connectivity index (χ0v) is 9.39. The van der Waals surface area contributed by atoms with Gasteiger partial charge in [-0.2, -0.15) is 0 Å². The van der Waals surface area contributed by atoms with Crippen molar-refractivity contribution in [1.29, 1.82) is 0 Å². The van der Waals surface area contributed by atoms with Gasteiger partial charge in [-0.1, -0.05) is 25.4 Å². The van der Waals surface area contributed by atoms with E-state index < -0.39 is 0 Å². The Labute approximate surface area is 85.3 Å². The molecular weight excluding hydrogens is 182 g/mol. The van der Waals surface area contributed by atoms with Gasteiger partial charge in [0, 0.05) is 24.8 Å². The van der Waals surface area contributed by atoms with Gasteiger partial charge in [0.2, 0.25) is 0 Å². The van der Waals surface area contributed by atoms with E-state index in [0.29, 0.717) is 5.92 Å². The molecule has 0 aliphatic carbocycles. The lowest BCUT2D eigenvalue weighted by molar-refractivity contribution is 0.859. The van der Waals surface area contributed by atoms with Crippen LogP contribution in [0.2, 0.25) is 5.02 Å². The van der Waals surface area contributed by atoms with Crippen LogP contribution in [0.25, 0.3) is 0 Å². The van der Waals surface area contributed by atoms with Gasteiger partial charge in [0.15, 0.2) is 0 Å². The average Bonchev–Trinajstić information content (AvgIpc) is 2.03. The summed E-state index contributed by atoms with van der Waals surface area (Å²) in [4.78, 5) is 2.12. The summed E-state index contributed by atoms with van der Waals surface area (Å²) < 4.78 is 0. The van der Waals surface area contributed by atoms with Gasteiger partial charge in [0.05, 0.1) is 0 Å². The van der Waals surface area contributed by atoms with Gasteiger partial charge in [-0.05, 0) is 29.7 Å². The molecule has 0 aliphatic rings. The van der Waals surface area contributed by atoms with Gasteiger partial charge < -0.3 is 4.90 Å². The van der Waals surface area contributed by atoms with Crippen molar-refractivity contribution in [3.05, 3.63) is 28.8 Å². The first-order valence-corrected chi connectivity index (χ1v) is 4.87. The molecule has 0 atom stereocenters. The monoisotopic (exact) mass is 197 g/mol. The van der Waals surface area contributed by atoms with E-state index in [4.69, 9.17) is 11.6 Å². The maximum absolute atomic E-state index is 5.95. The Bertz CT molecular complexity index is 292. The summed E-state index contributed by atoms with van der Waals surface area (Å²) in [7, 11) is 4.10. The molecule has 0 unspecified atom stereocenters. The van der Waals surface area contributed by atoms with Gasteiger partial charge in [0.25, 0.3) is 0 Å². The minimum atomic E-state index is 0.510. The molecule has 0 radical (unpaired) electrons. The quantitative estimate of drug-likeness (QED) is 0.701. The molecule has 0 fully saturated rings. The van der Waals surface area contributed by atoms with Crippen LogP contribution in [0.3, 0.4) is 0 Å². The van der Waals surface area contributed by atoms with Gasteiger partial charge >= 0.3 is 0 Å². The minimum absolute atomic E-state index is 0.510. The second-order valence-electron chi connectivity index (χ2n) is 3.75. The fraction of sp³-hybridized carbons (Fsp3) is 0.455. The van der Waals surface area contributed by atoms with E-state index in [2.05, 4.69) is 38.9 Å². The summed E-state index contributed by atoms with van der Waals surface area (Å²) >= 11 is 5.95. The van der Waals surface area contributed by atoms with E-state index in [1.54, 1.807) is 0 Å². The Hall–Kier alpha value is -0.690. The molecule has 0 bridgehead atoms. The second-order valence-corrected chi connectivity index (χ2v) is 4.19. The third-order valence-corrected chi connectivity index (χ3v) is 2.33. The first kappa shape index (κ1) is 10.4. The van der Waals surface area contributed by atoms with Crippen LogP contribution in [0, 0.1) is 0 Å². The largest absolute Gasteiger partial charge is 0.377 e. The summed E-state index contributed by atoms with van der Waals surface area (Å²) in [5.41, 5.74) is 2.55. The van der Waals surface area contributed by atoms with Crippen LogP contribution in [0.4, 0.5) is 5.69 Å². The summed E-state index contributed by atoms with van der Waals surface area (Å²) in [5.74, 6) is 0.510. The van der Waals surface area contributed by atoms with Crippen LogP contribution < -0.4 is 4.90 Å².